The van der Waals surface area contributed by atoms with Gasteiger partial charge in [0.25, 0.3) is 0 Å². The van der Waals surface area contributed by atoms with E-state index in [1.165, 1.54) is 0 Å². The fourth-order valence-corrected chi connectivity index (χ4v) is 3.85. The quantitative estimate of drug-likeness (QED) is 0.833. The minimum Gasteiger partial charge on any atom is -0.444 e. The third-order valence-corrected chi connectivity index (χ3v) is 4.98. The fraction of sp³-hybridized carbons (Fsp3) is 0.300. The van der Waals surface area contributed by atoms with E-state index in [0.29, 0.717) is 11.3 Å². The summed E-state index contributed by atoms with van der Waals surface area (Å²) in [6.45, 7) is 0.240. The molecule has 24 heavy (non-hydrogen) atoms. The number of ether oxygens (including phenoxy) is 1. The van der Waals surface area contributed by atoms with Gasteiger partial charge in [-0.2, -0.15) is 0 Å². The molecule has 1 heterocycles. The summed E-state index contributed by atoms with van der Waals surface area (Å²) in [6, 6.07) is 16.9. The van der Waals surface area contributed by atoms with Crippen molar-refractivity contribution in [3.8, 4) is 0 Å². The second-order valence-corrected chi connectivity index (χ2v) is 6.40. The molecule has 2 unspecified atom stereocenters. The van der Waals surface area contributed by atoms with Gasteiger partial charge in [0.05, 0.1) is 11.7 Å². The van der Waals surface area contributed by atoms with Crippen molar-refractivity contribution in [1.29, 1.82) is 0 Å². The lowest BCUT2D eigenvalue weighted by Gasteiger charge is -2.37. The van der Waals surface area contributed by atoms with Crippen LogP contribution in [-0.2, 0) is 11.3 Å². The lowest BCUT2D eigenvalue weighted by atomic mass is 9.86. The number of hydrogen-bond donors (Lipinski definition) is 0. The molecule has 0 N–H and O–H groups in total. The van der Waals surface area contributed by atoms with Crippen molar-refractivity contribution in [3.05, 3.63) is 65.7 Å². The number of hydrogen-bond acceptors (Lipinski definition) is 3. The number of carbonyl (C=O) groups excluding carboxylic acids is 2. The molecule has 0 aromatic heterocycles. The molecular weight excluding hydrogens is 302 g/mol. The second-order valence-electron chi connectivity index (χ2n) is 6.40. The highest BCUT2D eigenvalue weighted by Gasteiger charge is 2.45. The van der Waals surface area contributed by atoms with E-state index in [2.05, 4.69) is 0 Å². The summed E-state index contributed by atoms with van der Waals surface area (Å²) in [5, 5.41) is 0. The van der Waals surface area contributed by atoms with Crippen LogP contribution in [0.15, 0.2) is 54.6 Å². The van der Waals surface area contributed by atoms with Gasteiger partial charge in [0, 0.05) is 11.5 Å². The number of ketones is 1. The summed E-state index contributed by atoms with van der Waals surface area (Å²) in [7, 11) is 0. The predicted molar refractivity (Wildman–Crippen MR) is 91.0 cm³/mol. The zero-order valence-electron chi connectivity index (χ0n) is 13.4. The molecule has 1 saturated carbocycles. The van der Waals surface area contributed by atoms with Crippen LogP contribution in [0.5, 0.6) is 0 Å². The number of fused-ring (bicyclic) bond motifs is 2. The van der Waals surface area contributed by atoms with Gasteiger partial charge in [-0.1, -0.05) is 48.9 Å². The van der Waals surface area contributed by atoms with E-state index in [9.17, 15) is 9.59 Å². The Labute approximate surface area is 141 Å². The van der Waals surface area contributed by atoms with Crippen LogP contribution in [0.25, 0.3) is 0 Å². The van der Waals surface area contributed by atoms with Gasteiger partial charge in [-0.3, -0.25) is 9.69 Å². The van der Waals surface area contributed by atoms with E-state index in [1.54, 1.807) is 4.90 Å². The number of rotatable bonds is 2. The van der Waals surface area contributed by atoms with Crippen molar-refractivity contribution >= 4 is 17.6 Å². The monoisotopic (exact) mass is 321 g/mol. The first-order chi connectivity index (χ1) is 11.8. The molecular formula is C20H19NO3. The molecule has 4 nitrogen and oxygen atoms in total. The number of para-hydroxylation sites is 1. The molecule has 2 aromatic rings. The van der Waals surface area contributed by atoms with Crippen LogP contribution in [0.3, 0.4) is 0 Å². The average Bonchev–Trinajstić information content (AvgIpc) is 3.11. The molecule has 0 spiro atoms. The number of amides is 1. The maximum absolute atomic E-state index is 12.8. The van der Waals surface area contributed by atoms with Crippen LogP contribution in [0.2, 0.25) is 0 Å². The summed E-state index contributed by atoms with van der Waals surface area (Å²) in [6.07, 6.45) is 2.30. The third-order valence-electron chi connectivity index (χ3n) is 4.98. The van der Waals surface area contributed by atoms with Crippen molar-refractivity contribution in [3.63, 3.8) is 0 Å². The summed E-state index contributed by atoms with van der Waals surface area (Å²) in [5.74, 6) is 0.0735. The van der Waals surface area contributed by atoms with E-state index < -0.39 is 0 Å². The molecule has 0 bridgehead atoms. The Bertz CT molecular complexity index is 771. The molecule has 4 heteroatoms. The van der Waals surface area contributed by atoms with Gasteiger partial charge in [0.2, 0.25) is 0 Å². The first-order valence-corrected chi connectivity index (χ1v) is 8.39. The van der Waals surface area contributed by atoms with Crippen molar-refractivity contribution in [2.45, 2.75) is 31.9 Å². The van der Waals surface area contributed by atoms with Crippen LogP contribution in [0.4, 0.5) is 10.5 Å². The van der Waals surface area contributed by atoms with Crippen LogP contribution >= 0.6 is 0 Å². The molecule has 2 atom stereocenters. The maximum atomic E-state index is 12.8. The minimum atomic E-state index is -0.365. The Morgan fingerprint density at radius 1 is 1.04 bits per heavy atom. The molecule has 1 fully saturated rings. The summed E-state index contributed by atoms with van der Waals surface area (Å²) in [4.78, 5) is 27.1. The first kappa shape index (κ1) is 14.9. The lowest BCUT2D eigenvalue weighted by molar-refractivity contribution is 0.0895. The molecule has 0 radical (unpaired) electrons. The van der Waals surface area contributed by atoms with Crippen LogP contribution in [0.1, 0.15) is 35.2 Å². The van der Waals surface area contributed by atoms with Crippen molar-refractivity contribution in [2.24, 2.45) is 5.92 Å². The van der Waals surface area contributed by atoms with E-state index in [4.69, 9.17) is 4.74 Å². The molecule has 2 aromatic carbocycles. The van der Waals surface area contributed by atoms with Gasteiger partial charge in [-0.15, -0.1) is 0 Å². The SMILES string of the molecule is O=C1c2ccccc2N(C(=O)OCc2ccccc2)C2CCCC12. The first-order valence-electron chi connectivity index (χ1n) is 8.39. The van der Waals surface area contributed by atoms with Gasteiger partial charge in [-0.25, -0.2) is 4.79 Å². The number of carbonyl (C=O) groups is 2. The highest BCUT2D eigenvalue weighted by atomic mass is 16.6. The number of Topliss-reactive ketones (excluding diaryl/α,β-unsaturated/α-hetero) is 1. The van der Waals surface area contributed by atoms with Gasteiger partial charge in [0.1, 0.15) is 6.61 Å². The zero-order valence-corrected chi connectivity index (χ0v) is 13.4. The van der Waals surface area contributed by atoms with Crippen molar-refractivity contribution < 1.29 is 14.3 Å². The molecule has 1 aliphatic heterocycles. The highest BCUT2D eigenvalue weighted by Crippen LogP contribution is 2.42. The Hall–Kier alpha value is -2.62. The van der Waals surface area contributed by atoms with E-state index in [0.717, 1.165) is 24.8 Å². The Kier molecular flexibility index (Phi) is 3.81. The summed E-state index contributed by atoms with van der Waals surface area (Å²) >= 11 is 0. The Morgan fingerprint density at radius 2 is 1.79 bits per heavy atom. The van der Waals surface area contributed by atoms with Crippen molar-refractivity contribution in [2.75, 3.05) is 4.90 Å². The molecule has 0 saturated heterocycles. The molecule has 2 aliphatic rings. The van der Waals surface area contributed by atoms with Gasteiger partial charge < -0.3 is 4.74 Å². The molecule has 1 amide bonds. The zero-order chi connectivity index (χ0) is 16.5. The normalized spacial score (nSPS) is 22.0. The van der Waals surface area contributed by atoms with E-state index in [1.807, 2.05) is 54.6 Å². The topological polar surface area (TPSA) is 46.6 Å². The predicted octanol–water partition coefficient (Wildman–Crippen LogP) is 4.19. The highest BCUT2D eigenvalue weighted by molar-refractivity contribution is 6.09. The smallest absolute Gasteiger partial charge is 0.414 e. The molecule has 1 aliphatic carbocycles. The number of benzene rings is 2. The van der Waals surface area contributed by atoms with Crippen LogP contribution < -0.4 is 4.90 Å². The van der Waals surface area contributed by atoms with Crippen LogP contribution in [0, 0.1) is 5.92 Å². The van der Waals surface area contributed by atoms with Crippen molar-refractivity contribution in [1.82, 2.24) is 0 Å². The number of anilines is 1. The van der Waals surface area contributed by atoms with E-state index >= 15 is 0 Å². The fourth-order valence-electron chi connectivity index (χ4n) is 3.85. The van der Waals surface area contributed by atoms with Gasteiger partial charge in [0.15, 0.2) is 5.78 Å². The molecule has 4 rings (SSSR count). The van der Waals surface area contributed by atoms with E-state index in [-0.39, 0.29) is 30.4 Å². The van der Waals surface area contributed by atoms with Crippen LogP contribution in [-0.4, -0.2) is 17.9 Å². The lowest BCUT2D eigenvalue weighted by Crippen LogP contribution is -2.49. The third kappa shape index (κ3) is 2.48. The Balaban J connectivity index is 1.61. The van der Waals surface area contributed by atoms with Gasteiger partial charge >= 0.3 is 6.09 Å². The second kappa shape index (κ2) is 6.11. The maximum Gasteiger partial charge on any atom is 0.414 e. The summed E-state index contributed by atoms with van der Waals surface area (Å²) < 4.78 is 5.54. The van der Waals surface area contributed by atoms with Gasteiger partial charge in [-0.05, 0) is 30.5 Å². The summed E-state index contributed by atoms with van der Waals surface area (Å²) in [5.41, 5.74) is 2.27. The standard InChI is InChI=1S/C20H19NO3/c22-19-15-9-4-5-11-17(15)21(18-12-6-10-16(18)19)20(23)24-13-14-7-2-1-3-8-14/h1-5,7-9,11,16,18H,6,10,12-13H2. The Morgan fingerprint density at radius 3 is 2.62 bits per heavy atom. The number of nitrogens with zero attached hydrogens (tertiary/aromatic N) is 1. The largest absolute Gasteiger partial charge is 0.444 e. The average molecular weight is 321 g/mol. The molecule has 122 valence electrons. The minimum absolute atomic E-state index is 0.0735.